The Hall–Kier alpha value is -5.20. The van der Waals surface area contributed by atoms with E-state index in [1.54, 1.807) is 0 Å². The summed E-state index contributed by atoms with van der Waals surface area (Å²) in [6.07, 6.45) is 0. The number of aryl methyl sites for hydroxylation is 1. The third-order valence-corrected chi connectivity index (χ3v) is 10.7. The summed E-state index contributed by atoms with van der Waals surface area (Å²) >= 11 is 0. The summed E-state index contributed by atoms with van der Waals surface area (Å²) in [6.45, 7) is 7.06. The van der Waals surface area contributed by atoms with Gasteiger partial charge in [0.1, 0.15) is 0 Å². The molecule has 0 bridgehead atoms. The summed E-state index contributed by atoms with van der Waals surface area (Å²) in [5, 5.41) is 2.70. The second kappa shape index (κ2) is 9.40. The SMILES string of the molecule is Cc1cc2c(c3ccccc13)-c1ccc(-c3cccc4c3C(c3ccccc3)(c3ccccc3)c3ccccc3-4)cc1C2(C)C. The molecule has 0 nitrogen and oxygen atoms in total. The maximum atomic E-state index is 2.50. The highest BCUT2D eigenvalue weighted by Gasteiger charge is 2.47. The van der Waals surface area contributed by atoms with Gasteiger partial charge in [0.05, 0.1) is 5.41 Å². The predicted octanol–water partition coefficient (Wildman–Crippen LogP) is 11.5. The van der Waals surface area contributed by atoms with E-state index in [4.69, 9.17) is 0 Å². The highest BCUT2D eigenvalue weighted by atomic mass is 14.5. The van der Waals surface area contributed by atoms with Crippen LogP contribution in [0.15, 0.2) is 152 Å². The first-order chi connectivity index (χ1) is 22.0. The second-order valence-corrected chi connectivity index (χ2v) is 13.3. The van der Waals surface area contributed by atoms with Crippen LogP contribution in [0.4, 0.5) is 0 Å². The molecule has 2 aliphatic rings. The van der Waals surface area contributed by atoms with Crippen molar-refractivity contribution in [1.82, 2.24) is 0 Å². The maximum Gasteiger partial charge on any atom is 0.0719 e. The molecule has 0 heteroatoms. The molecule has 0 saturated carbocycles. The van der Waals surface area contributed by atoms with Gasteiger partial charge in [0, 0.05) is 5.41 Å². The van der Waals surface area contributed by atoms with Gasteiger partial charge in [-0.2, -0.15) is 0 Å². The van der Waals surface area contributed by atoms with Crippen molar-refractivity contribution in [2.24, 2.45) is 0 Å². The molecule has 9 rings (SSSR count). The van der Waals surface area contributed by atoms with Crippen molar-refractivity contribution in [1.29, 1.82) is 0 Å². The topological polar surface area (TPSA) is 0 Å². The van der Waals surface area contributed by atoms with Crippen molar-refractivity contribution in [3.05, 3.63) is 191 Å². The fourth-order valence-electron chi connectivity index (χ4n) is 8.68. The van der Waals surface area contributed by atoms with Crippen LogP contribution in [0.1, 0.15) is 52.8 Å². The average Bonchev–Trinajstić information content (AvgIpc) is 3.52. The quantitative estimate of drug-likeness (QED) is 0.197. The Morgan fingerprint density at radius 2 is 1.02 bits per heavy atom. The van der Waals surface area contributed by atoms with Gasteiger partial charge in [-0.3, -0.25) is 0 Å². The first-order valence-corrected chi connectivity index (χ1v) is 16.0. The Labute approximate surface area is 265 Å². The van der Waals surface area contributed by atoms with Gasteiger partial charge in [-0.05, 0) is 96.1 Å². The Kier molecular flexibility index (Phi) is 5.48. The van der Waals surface area contributed by atoms with Crippen LogP contribution in [0.25, 0.3) is 44.2 Å². The third-order valence-electron chi connectivity index (χ3n) is 10.7. The van der Waals surface area contributed by atoms with E-state index in [1.807, 2.05) is 0 Å². The van der Waals surface area contributed by atoms with Crippen molar-refractivity contribution < 1.29 is 0 Å². The Morgan fingerprint density at radius 3 is 1.76 bits per heavy atom. The molecule has 0 radical (unpaired) electrons. The fraction of sp³-hybridized carbons (Fsp3) is 0.111. The summed E-state index contributed by atoms with van der Waals surface area (Å²) in [5.41, 5.74) is 16.9. The van der Waals surface area contributed by atoms with Crippen molar-refractivity contribution in [3.8, 4) is 33.4 Å². The van der Waals surface area contributed by atoms with Crippen molar-refractivity contribution in [2.45, 2.75) is 31.6 Å². The zero-order chi connectivity index (χ0) is 30.3. The minimum Gasteiger partial charge on any atom is -0.0622 e. The fourth-order valence-corrected chi connectivity index (χ4v) is 8.68. The minimum absolute atomic E-state index is 0.105. The lowest BCUT2D eigenvalue weighted by Gasteiger charge is -2.35. The first-order valence-electron chi connectivity index (χ1n) is 16.0. The van der Waals surface area contributed by atoms with Crippen LogP contribution in [-0.2, 0) is 10.8 Å². The van der Waals surface area contributed by atoms with Gasteiger partial charge in [0.2, 0.25) is 0 Å². The minimum atomic E-state index is -0.435. The van der Waals surface area contributed by atoms with Crippen molar-refractivity contribution in [2.75, 3.05) is 0 Å². The zero-order valence-electron chi connectivity index (χ0n) is 25.9. The summed E-state index contributed by atoms with van der Waals surface area (Å²) < 4.78 is 0. The van der Waals surface area contributed by atoms with Gasteiger partial charge in [0.25, 0.3) is 0 Å². The Bertz CT molecular complexity index is 2250. The van der Waals surface area contributed by atoms with E-state index in [0.717, 1.165) is 0 Å². The molecule has 0 aliphatic heterocycles. The van der Waals surface area contributed by atoms with Gasteiger partial charge in [0.15, 0.2) is 0 Å². The average molecular weight is 575 g/mol. The van der Waals surface area contributed by atoms with Gasteiger partial charge in [-0.25, -0.2) is 0 Å². The third kappa shape index (κ3) is 3.43. The van der Waals surface area contributed by atoms with Crippen LogP contribution in [0.3, 0.4) is 0 Å². The van der Waals surface area contributed by atoms with Gasteiger partial charge in [-0.15, -0.1) is 0 Å². The molecule has 0 fully saturated rings. The highest BCUT2D eigenvalue weighted by molar-refractivity contribution is 6.04. The summed E-state index contributed by atoms with van der Waals surface area (Å²) in [7, 11) is 0. The monoisotopic (exact) mass is 574 g/mol. The molecule has 214 valence electrons. The van der Waals surface area contributed by atoms with E-state index in [1.165, 1.54) is 83.1 Å². The van der Waals surface area contributed by atoms with Crippen molar-refractivity contribution in [3.63, 3.8) is 0 Å². The van der Waals surface area contributed by atoms with Gasteiger partial charge < -0.3 is 0 Å². The summed E-state index contributed by atoms with van der Waals surface area (Å²) in [6, 6.07) is 56.8. The molecule has 7 aromatic carbocycles. The molecule has 0 N–H and O–H groups in total. The van der Waals surface area contributed by atoms with Crippen LogP contribution in [0, 0.1) is 6.92 Å². The van der Waals surface area contributed by atoms with Crippen LogP contribution in [-0.4, -0.2) is 0 Å². The second-order valence-electron chi connectivity index (χ2n) is 13.3. The standard InChI is InChI=1S/C45H34/c1-29-27-41-42(36-21-11-10-19-33(29)36)38-26-25-30(28-40(38)44(41,2)3)34-22-14-23-37-35-20-12-13-24-39(35)45(43(34)37,31-15-6-4-7-16-31)32-17-8-5-9-18-32/h4-28H,1-3H3. The van der Waals surface area contributed by atoms with Crippen LogP contribution < -0.4 is 0 Å². The lowest BCUT2D eigenvalue weighted by molar-refractivity contribution is 0.660. The lowest BCUT2D eigenvalue weighted by Crippen LogP contribution is -2.29. The van der Waals surface area contributed by atoms with Crippen molar-refractivity contribution >= 4 is 10.8 Å². The molecule has 2 aliphatic carbocycles. The molecule has 0 aromatic heterocycles. The van der Waals surface area contributed by atoms with E-state index in [9.17, 15) is 0 Å². The summed E-state index contributed by atoms with van der Waals surface area (Å²) in [5.74, 6) is 0. The molecule has 0 spiro atoms. The first kappa shape index (κ1) is 26.2. The normalized spacial score (nSPS) is 14.9. The predicted molar refractivity (Wildman–Crippen MR) is 189 cm³/mol. The molecule has 45 heavy (non-hydrogen) atoms. The molecule has 0 unspecified atom stereocenters. The number of benzene rings is 7. The Morgan fingerprint density at radius 1 is 0.422 bits per heavy atom. The molecular formula is C45H34. The molecule has 0 heterocycles. The van der Waals surface area contributed by atoms with Crippen LogP contribution in [0.5, 0.6) is 0 Å². The van der Waals surface area contributed by atoms with E-state index in [-0.39, 0.29) is 5.41 Å². The molecule has 7 aromatic rings. The molecular weight excluding hydrogens is 540 g/mol. The molecule has 0 saturated heterocycles. The van der Waals surface area contributed by atoms with E-state index in [2.05, 4.69) is 172 Å². The molecule has 0 amide bonds. The highest BCUT2D eigenvalue weighted by Crippen LogP contribution is 2.59. The molecule has 0 atom stereocenters. The Balaban J connectivity index is 1.35. The summed E-state index contributed by atoms with van der Waals surface area (Å²) in [4.78, 5) is 0. The number of rotatable bonds is 3. The number of hydrogen-bond acceptors (Lipinski definition) is 0. The van der Waals surface area contributed by atoms with E-state index in [0.29, 0.717) is 0 Å². The van der Waals surface area contributed by atoms with E-state index < -0.39 is 5.41 Å². The van der Waals surface area contributed by atoms with Gasteiger partial charge >= 0.3 is 0 Å². The van der Waals surface area contributed by atoms with E-state index >= 15 is 0 Å². The maximum absolute atomic E-state index is 2.50. The number of fused-ring (bicyclic) bond motifs is 8. The van der Waals surface area contributed by atoms with Crippen LogP contribution >= 0.6 is 0 Å². The van der Waals surface area contributed by atoms with Gasteiger partial charge in [-0.1, -0.05) is 159 Å². The smallest absolute Gasteiger partial charge is 0.0622 e. The van der Waals surface area contributed by atoms with Crippen LogP contribution in [0.2, 0.25) is 0 Å². The largest absolute Gasteiger partial charge is 0.0719 e. The number of hydrogen-bond donors (Lipinski definition) is 0. The lowest BCUT2D eigenvalue weighted by atomic mass is 9.66. The zero-order valence-corrected chi connectivity index (χ0v) is 25.9.